The number of carbonyl (C=O) groups is 1. The molecule has 0 fully saturated rings. The minimum absolute atomic E-state index is 0.210. The van der Waals surface area contributed by atoms with Gasteiger partial charge >= 0.3 is 5.97 Å². The summed E-state index contributed by atoms with van der Waals surface area (Å²) in [7, 11) is 0. The Kier molecular flexibility index (Phi) is 4.50. The van der Waals surface area contributed by atoms with Crippen molar-refractivity contribution in [3.8, 4) is 22.5 Å². The molecular formula is C17H12BrClN2O2. The van der Waals surface area contributed by atoms with Crippen molar-refractivity contribution in [1.82, 2.24) is 9.78 Å². The molecule has 3 rings (SSSR count). The molecule has 0 aliphatic rings. The molecule has 23 heavy (non-hydrogen) atoms. The van der Waals surface area contributed by atoms with Crippen molar-refractivity contribution in [1.29, 1.82) is 0 Å². The number of nitrogens with zero attached hydrogens (tertiary/aromatic N) is 2. The lowest BCUT2D eigenvalue weighted by Gasteiger charge is -2.05. The number of halogens is 2. The van der Waals surface area contributed by atoms with Crippen LogP contribution in [0.2, 0.25) is 5.02 Å². The molecule has 0 saturated heterocycles. The fourth-order valence-electron chi connectivity index (χ4n) is 2.31. The van der Waals surface area contributed by atoms with Crippen molar-refractivity contribution in [2.75, 3.05) is 0 Å². The zero-order valence-corrected chi connectivity index (χ0v) is 14.3. The Balaban J connectivity index is 2.10. The number of hydrogen-bond acceptors (Lipinski definition) is 2. The predicted octanol–water partition coefficient (Wildman–Crippen LogP) is 4.72. The molecular weight excluding hydrogens is 380 g/mol. The highest BCUT2D eigenvalue weighted by atomic mass is 79.9. The second-order valence-electron chi connectivity index (χ2n) is 4.98. The van der Waals surface area contributed by atoms with Crippen LogP contribution in [-0.2, 0) is 11.3 Å². The monoisotopic (exact) mass is 390 g/mol. The Morgan fingerprint density at radius 3 is 2.52 bits per heavy atom. The highest BCUT2D eigenvalue weighted by molar-refractivity contribution is 9.10. The summed E-state index contributed by atoms with van der Waals surface area (Å²) >= 11 is 9.44. The highest BCUT2D eigenvalue weighted by Gasteiger charge is 2.14. The summed E-state index contributed by atoms with van der Waals surface area (Å²) in [5.41, 5.74) is 3.18. The normalized spacial score (nSPS) is 10.7. The SMILES string of the molecule is O=C(O)Cn1nc(-c2ccc(Br)cc2)cc1-c1cccc(Cl)c1. The lowest BCUT2D eigenvalue weighted by atomic mass is 10.1. The molecule has 6 heteroatoms. The predicted molar refractivity (Wildman–Crippen MR) is 93.4 cm³/mol. The average Bonchev–Trinajstić information content (AvgIpc) is 2.91. The zero-order chi connectivity index (χ0) is 16.4. The van der Waals surface area contributed by atoms with Crippen LogP contribution in [0.15, 0.2) is 59.1 Å². The Hall–Kier alpha value is -2.11. The molecule has 0 bridgehead atoms. The number of rotatable bonds is 4. The molecule has 1 heterocycles. The van der Waals surface area contributed by atoms with Gasteiger partial charge < -0.3 is 5.11 Å². The summed E-state index contributed by atoms with van der Waals surface area (Å²) in [5, 5.41) is 14.1. The van der Waals surface area contributed by atoms with Gasteiger partial charge in [0, 0.05) is 20.6 Å². The Bertz CT molecular complexity index is 859. The third-order valence-corrected chi connectivity index (χ3v) is 4.09. The summed E-state index contributed by atoms with van der Waals surface area (Å²) in [4.78, 5) is 11.1. The van der Waals surface area contributed by atoms with Crippen LogP contribution >= 0.6 is 27.5 Å². The lowest BCUT2D eigenvalue weighted by Crippen LogP contribution is -2.11. The molecule has 0 unspecified atom stereocenters. The maximum absolute atomic E-state index is 11.1. The van der Waals surface area contributed by atoms with Gasteiger partial charge in [0.2, 0.25) is 0 Å². The summed E-state index contributed by atoms with van der Waals surface area (Å²) in [6.07, 6.45) is 0. The van der Waals surface area contributed by atoms with Crippen LogP contribution in [0.4, 0.5) is 0 Å². The first kappa shape index (κ1) is 15.8. The second-order valence-corrected chi connectivity index (χ2v) is 6.34. The van der Waals surface area contributed by atoms with Crippen LogP contribution in [0.5, 0.6) is 0 Å². The molecule has 0 radical (unpaired) electrons. The van der Waals surface area contributed by atoms with E-state index in [1.165, 1.54) is 4.68 Å². The van der Waals surface area contributed by atoms with Crippen LogP contribution < -0.4 is 0 Å². The van der Waals surface area contributed by atoms with E-state index >= 15 is 0 Å². The molecule has 0 spiro atoms. The first-order valence-electron chi connectivity index (χ1n) is 6.84. The van der Waals surface area contributed by atoms with Crippen molar-refractivity contribution in [3.63, 3.8) is 0 Å². The molecule has 1 aromatic heterocycles. The molecule has 0 saturated carbocycles. The number of aliphatic carboxylic acids is 1. The summed E-state index contributed by atoms with van der Waals surface area (Å²) < 4.78 is 2.45. The van der Waals surface area contributed by atoms with Crippen LogP contribution in [0.1, 0.15) is 0 Å². The minimum atomic E-state index is -0.946. The van der Waals surface area contributed by atoms with E-state index in [1.54, 1.807) is 12.1 Å². The Labute approximate surface area is 146 Å². The summed E-state index contributed by atoms with van der Waals surface area (Å²) in [6.45, 7) is -0.210. The number of benzene rings is 2. The van der Waals surface area contributed by atoms with E-state index in [0.717, 1.165) is 15.6 Å². The summed E-state index contributed by atoms with van der Waals surface area (Å²) in [5.74, 6) is -0.946. The second kappa shape index (κ2) is 6.56. The van der Waals surface area contributed by atoms with E-state index < -0.39 is 5.97 Å². The summed E-state index contributed by atoms with van der Waals surface area (Å²) in [6, 6.07) is 16.9. The van der Waals surface area contributed by atoms with Gasteiger partial charge in [-0.3, -0.25) is 9.48 Å². The maximum atomic E-state index is 11.1. The third kappa shape index (κ3) is 3.63. The maximum Gasteiger partial charge on any atom is 0.325 e. The fourth-order valence-corrected chi connectivity index (χ4v) is 2.76. The van der Waals surface area contributed by atoms with Crippen molar-refractivity contribution in [2.45, 2.75) is 6.54 Å². The van der Waals surface area contributed by atoms with E-state index in [-0.39, 0.29) is 6.54 Å². The van der Waals surface area contributed by atoms with Gasteiger partial charge in [0.1, 0.15) is 6.54 Å². The van der Waals surface area contributed by atoms with Crippen LogP contribution in [0.25, 0.3) is 22.5 Å². The molecule has 0 aliphatic carbocycles. The molecule has 4 nitrogen and oxygen atoms in total. The smallest absolute Gasteiger partial charge is 0.325 e. The van der Waals surface area contributed by atoms with Crippen molar-refractivity contribution in [2.24, 2.45) is 0 Å². The van der Waals surface area contributed by atoms with E-state index in [0.29, 0.717) is 16.4 Å². The fraction of sp³-hybridized carbons (Fsp3) is 0.0588. The van der Waals surface area contributed by atoms with Crippen LogP contribution in [0.3, 0.4) is 0 Å². The van der Waals surface area contributed by atoms with Gasteiger partial charge in [0.15, 0.2) is 0 Å². The van der Waals surface area contributed by atoms with Gasteiger partial charge in [-0.2, -0.15) is 5.10 Å². The van der Waals surface area contributed by atoms with E-state index in [4.69, 9.17) is 16.7 Å². The molecule has 1 N–H and O–H groups in total. The van der Waals surface area contributed by atoms with Crippen molar-refractivity contribution < 1.29 is 9.90 Å². The first-order valence-corrected chi connectivity index (χ1v) is 8.01. The number of aromatic nitrogens is 2. The van der Waals surface area contributed by atoms with Gasteiger partial charge in [-0.15, -0.1) is 0 Å². The minimum Gasteiger partial charge on any atom is -0.480 e. The van der Waals surface area contributed by atoms with Crippen LogP contribution in [0, 0.1) is 0 Å². The number of hydrogen-bond donors (Lipinski definition) is 1. The molecule has 2 aromatic carbocycles. The van der Waals surface area contributed by atoms with Gasteiger partial charge in [0.05, 0.1) is 11.4 Å². The molecule has 116 valence electrons. The standard InChI is InChI=1S/C17H12BrClN2O2/c18-13-6-4-11(5-7-13)15-9-16(21(20-15)10-17(22)23)12-2-1-3-14(19)8-12/h1-9H,10H2,(H,22,23). The molecule has 0 amide bonds. The largest absolute Gasteiger partial charge is 0.480 e. The number of carboxylic acids is 1. The first-order chi connectivity index (χ1) is 11.0. The quantitative estimate of drug-likeness (QED) is 0.700. The lowest BCUT2D eigenvalue weighted by molar-refractivity contribution is -0.137. The zero-order valence-electron chi connectivity index (χ0n) is 11.9. The van der Waals surface area contributed by atoms with Crippen molar-refractivity contribution in [3.05, 3.63) is 64.1 Å². The molecule has 3 aromatic rings. The van der Waals surface area contributed by atoms with Gasteiger partial charge in [0.25, 0.3) is 0 Å². The van der Waals surface area contributed by atoms with Gasteiger partial charge in [-0.05, 0) is 30.3 Å². The van der Waals surface area contributed by atoms with Gasteiger partial charge in [-0.1, -0.05) is 51.8 Å². The van der Waals surface area contributed by atoms with E-state index in [9.17, 15) is 4.79 Å². The molecule has 0 atom stereocenters. The Morgan fingerprint density at radius 2 is 1.87 bits per heavy atom. The average molecular weight is 392 g/mol. The van der Waals surface area contributed by atoms with Crippen molar-refractivity contribution >= 4 is 33.5 Å². The topological polar surface area (TPSA) is 55.1 Å². The van der Waals surface area contributed by atoms with Crippen LogP contribution in [-0.4, -0.2) is 20.9 Å². The third-order valence-electron chi connectivity index (χ3n) is 3.33. The highest BCUT2D eigenvalue weighted by Crippen LogP contribution is 2.28. The number of carboxylic acid groups (broad SMARTS) is 1. The van der Waals surface area contributed by atoms with E-state index in [1.807, 2.05) is 42.5 Å². The Morgan fingerprint density at radius 1 is 1.13 bits per heavy atom. The van der Waals surface area contributed by atoms with Gasteiger partial charge in [-0.25, -0.2) is 0 Å². The molecule has 0 aliphatic heterocycles. The van der Waals surface area contributed by atoms with E-state index in [2.05, 4.69) is 21.0 Å².